The molecule has 0 atom stereocenters. The molecule has 0 radical (unpaired) electrons. The summed E-state index contributed by atoms with van der Waals surface area (Å²) in [4.78, 5) is 11.9. The SMILES string of the molecule is CS(=O)(=O)N(CCC(=O)NCc1ccccc1)c1ccc(F)c(F)c1. The van der Waals surface area contributed by atoms with Gasteiger partial charge in [0.25, 0.3) is 0 Å². The highest BCUT2D eigenvalue weighted by molar-refractivity contribution is 7.92. The van der Waals surface area contributed by atoms with Gasteiger partial charge in [-0.3, -0.25) is 9.10 Å². The molecule has 0 aromatic heterocycles. The molecule has 0 aliphatic carbocycles. The maximum Gasteiger partial charge on any atom is 0.232 e. The lowest BCUT2D eigenvalue weighted by molar-refractivity contribution is -0.121. The zero-order chi connectivity index (χ0) is 18.4. The summed E-state index contributed by atoms with van der Waals surface area (Å²) in [5, 5.41) is 2.68. The minimum absolute atomic E-state index is 0.0303. The highest BCUT2D eigenvalue weighted by Crippen LogP contribution is 2.20. The Morgan fingerprint density at radius 1 is 1.08 bits per heavy atom. The Labute approximate surface area is 145 Å². The molecule has 0 heterocycles. The maximum absolute atomic E-state index is 13.4. The first kappa shape index (κ1) is 18.9. The number of amides is 1. The fourth-order valence-electron chi connectivity index (χ4n) is 2.21. The van der Waals surface area contributed by atoms with Crippen LogP contribution < -0.4 is 9.62 Å². The Morgan fingerprint density at radius 3 is 2.36 bits per heavy atom. The second-order valence-corrected chi connectivity index (χ2v) is 7.35. The molecule has 0 aliphatic rings. The summed E-state index contributed by atoms with van der Waals surface area (Å²) in [6.07, 6.45) is 0.828. The van der Waals surface area contributed by atoms with Crippen LogP contribution in [-0.4, -0.2) is 27.1 Å². The molecule has 1 amide bonds. The van der Waals surface area contributed by atoms with Crippen molar-refractivity contribution in [1.82, 2.24) is 5.32 Å². The lowest BCUT2D eigenvalue weighted by atomic mass is 10.2. The summed E-state index contributed by atoms with van der Waals surface area (Å²) >= 11 is 0. The summed E-state index contributed by atoms with van der Waals surface area (Å²) in [6.45, 7) is 0.147. The number of hydrogen-bond acceptors (Lipinski definition) is 3. The molecule has 0 fully saturated rings. The van der Waals surface area contributed by atoms with Crippen LogP contribution in [0.15, 0.2) is 48.5 Å². The van der Waals surface area contributed by atoms with Gasteiger partial charge in [-0.1, -0.05) is 30.3 Å². The largest absolute Gasteiger partial charge is 0.352 e. The number of hydrogen-bond donors (Lipinski definition) is 1. The third kappa shape index (κ3) is 5.53. The third-order valence-corrected chi connectivity index (χ3v) is 4.66. The van der Waals surface area contributed by atoms with Crippen molar-refractivity contribution in [2.75, 3.05) is 17.1 Å². The van der Waals surface area contributed by atoms with Crippen LogP contribution in [0.5, 0.6) is 0 Å². The van der Waals surface area contributed by atoms with Gasteiger partial charge in [0.15, 0.2) is 11.6 Å². The van der Waals surface area contributed by atoms with Gasteiger partial charge < -0.3 is 5.32 Å². The molecule has 5 nitrogen and oxygen atoms in total. The molecule has 2 aromatic rings. The summed E-state index contributed by atoms with van der Waals surface area (Å²) in [5.74, 6) is -2.57. The predicted molar refractivity (Wildman–Crippen MR) is 91.5 cm³/mol. The average Bonchev–Trinajstić information content (AvgIpc) is 2.56. The molecule has 0 bridgehead atoms. The van der Waals surface area contributed by atoms with Crippen LogP contribution in [0.2, 0.25) is 0 Å². The fraction of sp³-hybridized carbons (Fsp3) is 0.235. The normalized spacial score (nSPS) is 11.2. The maximum atomic E-state index is 13.4. The number of benzene rings is 2. The molecule has 2 rings (SSSR count). The van der Waals surface area contributed by atoms with Gasteiger partial charge in [0.1, 0.15) is 0 Å². The lowest BCUT2D eigenvalue weighted by Crippen LogP contribution is -2.34. The summed E-state index contributed by atoms with van der Waals surface area (Å²) in [6, 6.07) is 12.0. The van der Waals surface area contributed by atoms with Gasteiger partial charge in [-0.25, -0.2) is 17.2 Å². The van der Waals surface area contributed by atoms with Crippen LogP contribution in [-0.2, 0) is 21.4 Å². The third-order valence-electron chi connectivity index (χ3n) is 3.47. The molecule has 2 aromatic carbocycles. The van der Waals surface area contributed by atoms with E-state index in [2.05, 4.69) is 5.32 Å². The van der Waals surface area contributed by atoms with E-state index in [1.807, 2.05) is 30.3 Å². The Hall–Kier alpha value is -2.48. The van der Waals surface area contributed by atoms with Crippen LogP contribution >= 0.6 is 0 Å². The van der Waals surface area contributed by atoms with Crippen LogP contribution in [0, 0.1) is 11.6 Å². The van der Waals surface area contributed by atoms with E-state index in [0.29, 0.717) is 6.54 Å². The summed E-state index contributed by atoms with van der Waals surface area (Å²) in [7, 11) is -3.75. The summed E-state index contributed by atoms with van der Waals surface area (Å²) in [5.41, 5.74) is 0.883. The molecule has 0 saturated carbocycles. The molecule has 0 saturated heterocycles. The quantitative estimate of drug-likeness (QED) is 0.816. The minimum atomic E-state index is -3.75. The van der Waals surface area contributed by atoms with Crippen molar-refractivity contribution in [2.24, 2.45) is 0 Å². The first-order valence-corrected chi connectivity index (χ1v) is 9.35. The highest BCUT2D eigenvalue weighted by atomic mass is 32.2. The molecule has 0 spiro atoms. The van der Waals surface area contributed by atoms with Crippen molar-refractivity contribution in [2.45, 2.75) is 13.0 Å². The van der Waals surface area contributed by atoms with Crippen LogP contribution in [0.4, 0.5) is 14.5 Å². The van der Waals surface area contributed by atoms with E-state index in [0.717, 1.165) is 34.3 Å². The predicted octanol–water partition coefficient (Wildman–Crippen LogP) is 2.44. The first-order chi connectivity index (χ1) is 11.8. The zero-order valence-electron chi connectivity index (χ0n) is 13.6. The van der Waals surface area contributed by atoms with E-state index >= 15 is 0 Å². The van der Waals surface area contributed by atoms with E-state index in [4.69, 9.17) is 0 Å². The molecule has 8 heteroatoms. The standard InChI is InChI=1S/C17H18F2N2O3S/c1-25(23,24)21(14-7-8-15(18)16(19)11-14)10-9-17(22)20-12-13-5-3-2-4-6-13/h2-8,11H,9-10,12H2,1H3,(H,20,22). The molecular formula is C17H18F2N2O3S. The number of rotatable bonds is 7. The smallest absolute Gasteiger partial charge is 0.232 e. The number of nitrogens with zero attached hydrogens (tertiary/aromatic N) is 1. The average molecular weight is 368 g/mol. The lowest BCUT2D eigenvalue weighted by Gasteiger charge is -2.22. The van der Waals surface area contributed by atoms with E-state index in [-0.39, 0.29) is 24.6 Å². The van der Waals surface area contributed by atoms with Crippen molar-refractivity contribution in [3.05, 3.63) is 65.7 Å². The van der Waals surface area contributed by atoms with Gasteiger partial charge in [0, 0.05) is 25.6 Å². The number of carbonyl (C=O) groups excluding carboxylic acids is 1. The number of halogens is 2. The highest BCUT2D eigenvalue weighted by Gasteiger charge is 2.20. The van der Waals surface area contributed by atoms with Gasteiger partial charge in [-0.2, -0.15) is 0 Å². The van der Waals surface area contributed by atoms with Crippen molar-refractivity contribution in [3.8, 4) is 0 Å². The monoisotopic (exact) mass is 368 g/mol. The zero-order valence-corrected chi connectivity index (χ0v) is 14.4. The molecule has 134 valence electrons. The first-order valence-electron chi connectivity index (χ1n) is 7.51. The Morgan fingerprint density at radius 2 is 1.76 bits per heavy atom. The number of anilines is 1. The van der Waals surface area contributed by atoms with Crippen LogP contribution in [0.25, 0.3) is 0 Å². The molecule has 1 N–H and O–H groups in total. The topological polar surface area (TPSA) is 66.5 Å². The Bertz CT molecular complexity index is 842. The second kappa shape index (κ2) is 8.06. The van der Waals surface area contributed by atoms with Gasteiger partial charge in [-0.15, -0.1) is 0 Å². The molecular weight excluding hydrogens is 350 g/mol. The van der Waals surface area contributed by atoms with Gasteiger partial charge in [0.05, 0.1) is 11.9 Å². The number of nitrogens with one attached hydrogen (secondary N) is 1. The van der Waals surface area contributed by atoms with Gasteiger partial charge in [-0.05, 0) is 17.7 Å². The molecule has 0 aliphatic heterocycles. The van der Waals surface area contributed by atoms with E-state index < -0.39 is 21.7 Å². The van der Waals surface area contributed by atoms with E-state index in [1.165, 1.54) is 0 Å². The number of carbonyl (C=O) groups is 1. The second-order valence-electron chi connectivity index (χ2n) is 5.45. The fourth-order valence-corrected chi connectivity index (χ4v) is 3.13. The summed E-state index contributed by atoms with van der Waals surface area (Å²) < 4.78 is 51.1. The van der Waals surface area contributed by atoms with Crippen LogP contribution in [0.1, 0.15) is 12.0 Å². The van der Waals surface area contributed by atoms with Gasteiger partial charge in [0.2, 0.25) is 15.9 Å². The Balaban J connectivity index is 2.00. The van der Waals surface area contributed by atoms with Crippen molar-refractivity contribution in [3.63, 3.8) is 0 Å². The van der Waals surface area contributed by atoms with Crippen LogP contribution in [0.3, 0.4) is 0 Å². The van der Waals surface area contributed by atoms with E-state index in [1.54, 1.807) is 0 Å². The number of sulfonamides is 1. The van der Waals surface area contributed by atoms with E-state index in [9.17, 15) is 22.0 Å². The van der Waals surface area contributed by atoms with Crippen molar-refractivity contribution >= 4 is 21.6 Å². The molecule has 25 heavy (non-hydrogen) atoms. The minimum Gasteiger partial charge on any atom is -0.352 e. The van der Waals surface area contributed by atoms with Crippen molar-refractivity contribution < 1.29 is 22.0 Å². The molecule has 0 unspecified atom stereocenters. The van der Waals surface area contributed by atoms with Gasteiger partial charge >= 0.3 is 0 Å². The Kier molecular flexibility index (Phi) is 6.08. The van der Waals surface area contributed by atoms with Crippen molar-refractivity contribution in [1.29, 1.82) is 0 Å².